The van der Waals surface area contributed by atoms with Gasteiger partial charge in [-0.15, -0.1) is 6.58 Å². The molecule has 0 aliphatic heterocycles. The first-order chi connectivity index (χ1) is 6.81. The lowest BCUT2D eigenvalue weighted by Gasteiger charge is -2.13. The Morgan fingerprint density at radius 2 is 1.57 bits per heavy atom. The van der Waals surface area contributed by atoms with Crippen molar-refractivity contribution in [3.05, 3.63) is 12.7 Å². The molecule has 0 fully saturated rings. The molecule has 0 aromatic rings. The van der Waals surface area contributed by atoms with E-state index in [9.17, 15) is 0 Å². The highest BCUT2D eigenvalue weighted by Gasteiger charge is 1.94. The molecule has 0 aliphatic rings. The van der Waals surface area contributed by atoms with Gasteiger partial charge in [0.25, 0.3) is 0 Å². The molecular weight excluding hydrogens is 170 g/mol. The Balaban J connectivity index is 3.01. The summed E-state index contributed by atoms with van der Waals surface area (Å²) in [5, 5.41) is 0. The Bertz CT molecular complexity index is 120. The van der Waals surface area contributed by atoms with Crippen LogP contribution in [0, 0.1) is 0 Å². The summed E-state index contributed by atoms with van der Waals surface area (Å²) in [5.74, 6) is 0. The average molecular weight is 197 g/mol. The lowest BCUT2D eigenvalue weighted by molar-refractivity contribution is 0.356. The molecule has 0 unspecified atom stereocenters. The molecular formula is C13H27N. The minimum absolute atomic E-state index is 1.02. The van der Waals surface area contributed by atoms with Crippen LogP contribution in [0.5, 0.6) is 0 Å². The van der Waals surface area contributed by atoms with Crippen molar-refractivity contribution in [1.29, 1.82) is 0 Å². The van der Waals surface area contributed by atoms with Crippen LogP contribution in [0.15, 0.2) is 12.7 Å². The highest BCUT2D eigenvalue weighted by Crippen LogP contribution is 2.06. The van der Waals surface area contributed by atoms with Crippen LogP contribution in [-0.2, 0) is 0 Å². The van der Waals surface area contributed by atoms with Crippen molar-refractivity contribution >= 4 is 0 Å². The van der Waals surface area contributed by atoms with Gasteiger partial charge in [-0.2, -0.15) is 0 Å². The Hall–Kier alpha value is -0.300. The van der Waals surface area contributed by atoms with Crippen LogP contribution >= 0.6 is 0 Å². The van der Waals surface area contributed by atoms with E-state index in [1.54, 1.807) is 0 Å². The third-order valence-corrected chi connectivity index (χ3v) is 2.58. The Morgan fingerprint density at radius 3 is 2.14 bits per heavy atom. The molecule has 84 valence electrons. The van der Waals surface area contributed by atoms with Crippen molar-refractivity contribution in [3.8, 4) is 0 Å². The van der Waals surface area contributed by atoms with Gasteiger partial charge in [-0.05, 0) is 20.0 Å². The maximum atomic E-state index is 3.74. The molecule has 0 saturated carbocycles. The third kappa shape index (κ3) is 9.79. The quantitative estimate of drug-likeness (QED) is 0.380. The van der Waals surface area contributed by atoms with E-state index in [1.165, 1.54) is 51.5 Å². The Labute approximate surface area is 90.2 Å². The van der Waals surface area contributed by atoms with Crippen molar-refractivity contribution < 1.29 is 0 Å². The summed E-state index contributed by atoms with van der Waals surface area (Å²) in [6, 6.07) is 0. The number of hydrogen-bond donors (Lipinski definition) is 0. The first-order valence-corrected chi connectivity index (χ1v) is 6.10. The molecule has 0 aromatic carbocycles. The van der Waals surface area contributed by atoms with E-state index >= 15 is 0 Å². The van der Waals surface area contributed by atoms with Gasteiger partial charge < -0.3 is 4.90 Å². The standard InChI is InChI=1S/C13H27N/c1-4-6-7-8-9-10-11-13-14(3)12-5-2/h5H,2,4,6-13H2,1,3H3. The van der Waals surface area contributed by atoms with E-state index in [1.807, 2.05) is 6.08 Å². The fraction of sp³-hybridized carbons (Fsp3) is 0.846. The maximum Gasteiger partial charge on any atom is 0.0157 e. The monoisotopic (exact) mass is 197 g/mol. The zero-order valence-corrected chi connectivity index (χ0v) is 10.1. The summed E-state index contributed by atoms with van der Waals surface area (Å²) < 4.78 is 0. The predicted octanol–water partition coefficient (Wildman–Crippen LogP) is 3.85. The molecule has 0 heterocycles. The van der Waals surface area contributed by atoms with Gasteiger partial charge >= 0.3 is 0 Å². The second-order valence-corrected chi connectivity index (χ2v) is 4.17. The molecule has 0 radical (unpaired) electrons. The summed E-state index contributed by atoms with van der Waals surface area (Å²) in [7, 11) is 2.17. The second kappa shape index (κ2) is 10.8. The second-order valence-electron chi connectivity index (χ2n) is 4.17. The lowest BCUT2D eigenvalue weighted by Crippen LogP contribution is -2.19. The van der Waals surface area contributed by atoms with Crippen LogP contribution in [0.25, 0.3) is 0 Å². The number of likely N-dealkylation sites (N-methyl/N-ethyl adjacent to an activating group) is 1. The molecule has 1 nitrogen and oxygen atoms in total. The van der Waals surface area contributed by atoms with E-state index in [0.29, 0.717) is 0 Å². The summed E-state index contributed by atoms with van der Waals surface area (Å²) in [4.78, 5) is 2.33. The van der Waals surface area contributed by atoms with Crippen LogP contribution < -0.4 is 0 Å². The fourth-order valence-electron chi connectivity index (χ4n) is 1.65. The summed E-state index contributed by atoms with van der Waals surface area (Å²) in [5.41, 5.74) is 0. The van der Waals surface area contributed by atoms with E-state index in [0.717, 1.165) is 6.54 Å². The molecule has 0 N–H and O–H groups in total. The van der Waals surface area contributed by atoms with E-state index < -0.39 is 0 Å². The predicted molar refractivity (Wildman–Crippen MR) is 65.7 cm³/mol. The largest absolute Gasteiger partial charge is 0.303 e. The van der Waals surface area contributed by atoms with Crippen LogP contribution in [0.3, 0.4) is 0 Å². The highest BCUT2D eigenvalue weighted by atomic mass is 15.1. The van der Waals surface area contributed by atoms with Crippen molar-refractivity contribution in [2.45, 2.75) is 51.9 Å². The SMILES string of the molecule is C=CCN(C)CCCCCCCCC. The van der Waals surface area contributed by atoms with Crippen molar-refractivity contribution in [2.75, 3.05) is 20.1 Å². The summed E-state index contributed by atoms with van der Waals surface area (Å²) in [6.07, 6.45) is 11.8. The van der Waals surface area contributed by atoms with E-state index in [4.69, 9.17) is 0 Å². The highest BCUT2D eigenvalue weighted by molar-refractivity contribution is 4.70. The number of rotatable bonds is 10. The minimum atomic E-state index is 1.02. The lowest BCUT2D eigenvalue weighted by atomic mass is 10.1. The molecule has 0 rings (SSSR count). The normalized spacial score (nSPS) is 10.8. The molecule has 0 aromatic heterocycles. The van der Waals surface area contributed by atoms with Crippen LogP contribution in [-0.4, -0.2) is 25.0 Å². The fourth-order valence-corrected chi connectivity index (χ4v) is 1.65. The topological polar surface area (TPSA) is 3.24 Å². The maximum absolute atomic E-state index is 3.74. The van der Waals surface area contributed by atoms with Gasteiger partial charge in [0.05, 0.1) is 0 Å². The zero-order valence-electron chi connectivity index (χ0n) is 10.1. The van der Waals surface area contributed by atoms with Crippen LogP contribution in [0.2, 0.25) is 0 Å². The molecule has 1 heteroatoms. The summed E-state index contributed by atoms with van der Waals surface area (Å²) in [6.45, 7) is 8.25. The van der Waals surface area contributed by atoms with Crippen LogP contribution in [0.1, 0.15) is 51.9 Å². The Kier molecular flexibility index (Phi) is 10.5. The number of hydrogen-bond acceptors (Lipinski definition) is 1. The van der Waals surface area contributed by atoms with E-state index in [-0.39, 0.29) is 0 Å². The Morgan fingerprint density at radius 1 is 1.00 bits per heavy atom. The summed E-state index contributed by atoms with van der Waals surface area (Å²) >= 11 is 0. The minimum Gasteiger partial charge on any atom is -0.303 e. The van der Waals surface area contributed by atoms with Gasteiger partial charge in [-0.25, -0.2) is 0 Å². The smallest absolute Gasteiger partial charge is 0.0157 e. The zero-order chi connectivity index (χ0) is 10.6. The molecule has 0 spiro atoms. The van der Waals surface area contributed by atoms with Crippen molar-refractivity contribution in [2.24, 2.45) is 0 Å². The van der Waals surface area contributed by atoms with Gasteiger partial charge in [0.15, 0.2) is 0 Å². The van der Waals surface area contributed by atoms with Gasteiger partial charge in [0.2, 0.25) is 0 Å². The third-order valence-electron chi connectivity index (χ3n) is 2.58. The van der Waals surface area contributed by atoms with Gasteiger partial charge in [0.1, 0.15) is 0 Å². The van der Waals surface area contributed by atoms with Crippen molar-refractivity contribution in [1.82, 2.24) is 4.90 Å². The molecule has 0 amide bonds. The number of nitrogens with zero attached hydrogens (tertiary/aromatic N) is 1. The van der Waals surface area contributed by atoms with Crippen LogP contribution in [0.4, 0.5) is 0 Å². The molecule has 14 heavy (non-hydrogen) atoms. The van der Waals surface area contributed by atoms with Gasteiger partial charge in [0, 0.05) is 6.54 Å². The molecule has 0 saturated heterocycles. The average Bonchev–Trinajstić information content (AvgIpc) is 2.17. The van der Waals surface area contributed by atoms with E-state index in [2.05, 4.69) is 25.5 Å². The molecule has 0 bridgehead atoms. The number of unbranched alkanes of at least 4 members (excludes halogenated alkanes) is 6. The van der Waals surface area contributed by atoms with Gasteiger partial charge in [-0.3, -0.25) is 0 Å². The first kappa shape index (κ1) is 13.7. The van der Waals surface area contributed by atoms with Crippen molar-refractivity contribution in [3.63, 3.8) is 0 Å². The molecule has 0 atom stereocenters. The van der Waals surface area contributed by atoms with Gasteiger partial charge in [-0.1, -0.05) is 51.5 Å². The first-order valence-electron chi connectivity index (χ1n) is 6.10. The molecule has 0 aliphatic carbocycles.